The number of carbonyl (C=O) groups excluding carboxylic acids is 4. The Labute approximate surface area is 258 Å². The Balaban J connectivity index is 0.949. The predicted octanol–water partition coefficient (Wildman–Crippen LogP) is 6.95. The fourth-order valence-electron chi connectivity index (χ4n) is 6.03. The highest BCUT2D eigenvalue weighted by Gasteiger charge is 2.34. The van der Waals surface area contributed by atoms with Gasteiger partial charge in [0.1, 0.15) is 5.00 Å². The molecule has 2 heterocycles. The van der Waals surface area contributed by atoms with E-state index in [9.17, 15) is 19.2 Å². The van der Waals surface area contributed by atoms with Gasteiger partial charge in [-0.15, -0.1) is 11.3 Å². The number of amides is 4. The number of benzene rings is 2. The molecule has 0 atom stereocenters. The molecule has 0 spiro atoms. The standard InChI is InChI=1S/C35H41N3O4S/c39-30(21-10-5-3-1-2-4-6-13-24-38-34(41)26-17-11-12-18-27(26)35(38)42)37-33-31(28-19-14-20-29(28)43-33)32(40)36-23-22-25-15-8-7-9-16-25/h7-9,11-12,15-18H,1-6,10,13-14,19-24H2,(H,36,40)(H,37,39). The summed E-state index contributed by atoms with van der Waals surface area (Å²) in [4.78, 5) is 53.4. The molecule has 0 saturated heterocycles. The van der Waals surface area contributed by atoms with E-state index in [-0.39, 0.29) is 23.6 Å². The lowest BCUT2D eigenvalue weighted by Crippen LogP contribution is -2.30. The van der Waals surface area contributed by atoms with Crippen molar-refractivity contribution >= 4 is 40.0 Å². The molecule has 8 heteroatoms. The zero-order valence-corrected chi connectivity index (χ0v) is 25.6. The van der Waals surface area contributed by atoms with Crippen molar-refractivity contribution in [2.75, 3.05) is 18.4 Å². The molecule has 1 aliphatic carbocycles. The number of unbranched alkanes of at least 4 members (excludes halogenated alkanes) is 7. The second kappa shape index (κ2) is 15.1. The fraction of sp³-hybridized carbons (Fsp3) is 0.429. The van der Waals surface area contributed by atoms with Crippen molar-refractivity contribution in [1.29, 1.82) is 0 Å². The summed E-state index contributed by atoms with van der Waals surface area (Å²) in [6.07, 6.45) is 12.2. The minimum absolute atomic E-state index is 0.0218. The molecule has 0 saturated carbocycles. The van der Waals surface area contributed by atoms with Crippen LogP contribution in [0.25, 0.3) is 0 Å². The first-order chi connectivity index (χ1) is 21.0. The topological polar surface area (TPSA) is 95.6 Å². The number of thiophene rings is 1. The van der Waals surface area contributed by atoms with Crippen molar-refractivity contribution in [1.82, 2.24) is 10.2 Å². The number of carbonyl (C=O) groups is 4. The smallest absolute Gasteiger partial charge is 0.261 e. The van der Waals surface area contributed by atoms with E-state index in [1.165, 1.54) is 15.3 Å². The monoisotopic (exact) mass is 599 g/mol. The number of imide groups is 1. The summed E-state index contributed by atoms with van der Waals surface area (Å²) in [5.74, 6) is -0.460. The van der Waals surface area contributed by atoms with E-state index in [2.05, 4.69) is 22.8 Å². The number of hydrogen-bond acceptors (Lipinski definition) is 5. The molecule has 2 aromatic carbocycles. The molecular formula is C35H41N3O4S. The highest BCUT2D eigenvalue weighted by molar-refractivity contribution is 7.17. The second-order valence-electron chi connectivity index (χ2n) is 11.5. The van der Waals surface area contributed by atoms with Crippen molar-refractivity contribution in [3.63, 3.8) is 0 Å². The number of nitrogens with zero attached hydrogens (tertiary/aromatic N) is 1. The summed E-state index contributed by atoms with van der Waals surface area (Å²) in [5, 5.41) is 6.83. The van der Waals surface area contributed by atoms with Crippen molar-refractivity contribution in [3.05, 3.63) is 87.3 Å². The summed E-state index contributed by atoms with van der Waals surface area (Å²) in [7, 11) is 0. The molecule has 2 N–H and O–H groups in total. The molecule has 0 fully saturated rings. The van der Waals surface area contributed by atoms with E-state index in [0.29, 0.717) is 41.2 Å². The van der Waals surface area contributed by atoms with Crippen LogP contribution >= 0.6 is 11.3 Å². The molecule has 1 aromatic heterocycles. The number of rotatable bonds is 16. The third-order valence-corrected chi connectivity index (χ3v) is 9.56. The van der Waals surface area contributed by atoms with Gasteiger partial charge >= 0.3 is 0 Å². The third kappa shape index (κ3) is 7.79. The summed E-state index contributed by atoms with van der Waals surface area (Å²) in [6.45, 7) is 1.04. The summed E-state index contributed by atoms with van der Waals surface area (Å²) < 4.78 is 0. The van der Waals surface area contributed by atoms with E-state index in [0.717, 1.165) is 82.6 Å². The van der Waals surface area contributed by atoms with Gasteiger partial charge < -0.3 is 10.6 Å². The van der Waals surface area contributed by atoms with E-state index in [1.807, 2.05) is 18.2 Å². The lowest BCUT2D eigenvalue weighted by Gasteiger charge is -2.13. The maximum Gasteiger partial charge on any atom is 0.261 e. The SMILES string of the molecule is O=C(CCCCCCCCCCN1C(=O)c2ccccc2C1=O)Nc1sc2c(c1C(=O)NCCc1ccccc1)CCC2. The fourth-order valence-corrected chi connectivity index (χ4v) is 7.34. The minimum atomic E-state index is -0.175. The maximum absolute atomic E-state index is 13.1. The van der Waals surface area contributed by atoms with Gasteiger partial charge in [0.25, 0.3) is 17.7 Å². The third-order valence-electron chi connectivity index (χ3n) is 8.36. The van der Waals surface area contributed by atoms with Gasteiger partial charge in [-0.3, -0.25) is 24.1 Å². The van der Waals surface area contributed by atoms with Gasteiger partial charge in [-0.1, -0.05) is 81.0 Å². The average Bonchev–Trinajstić information content (AvgIpc) is 3.67. The van der Waals surface area contributed by atoms with Gasteiger partial charge in [0, 0.05) is 24.4 Å². The number of nitrogens with one attached hydrogen (secondary N) is 2. The van der Waals surface area contributed by atoms with E-state index in [1.54, 1.807) is 35.6 Å². The first-order valence-corrected chi connectivity index (χ1v) is 16.6. The van der Waals surface area contributed by atoms with E-state index < -0.39 is 0 Å². The lowest BCUT2D eigenvalue weighted by atomic mass is 10.1. The van der Waals surface area contributed by atoms with Crippen LogP contribution < -0.4 is 10.6 Å². The molecule has 4 amide bonds. The van der Waals surface area contributed by atoms with E-state index >= 15 is 0 Å². The van der Waals surface area contributed by atoms with Gasteiger partial charge in [-0.25, -0.2) is 0 Å². The molecule has 0 radical (unpaired) electrons. The second-order valence-corrected chi connectivity index (χ2v) is 12.6. The largest absolute Gasteiger partial charge is 0.352 e. The van der Waals surface area contributed by atoms with Gasteiger partial charge in [0.2, 0.25) is 5.91 Å². The molecule has 226 valence electrons. The van der Waals surface area contributed by atoms with Crippen LogP contribution in [0.5, 0.6) is 0 Å². The Morgan fingerprint density at radius 1 is 0.767 bits per heavy atom. The van der Waals surface area contributed by atoms with Gasteiger partial charge in [0.05, 0.1) is 16.7 Å². The van der Waals surface area contributed by atoms with Crippen molar-refractivity contribution < 1.29 is 19.2 Å². The predicted molar refractivity (Wildman–Crippen MR) is 171 cm³/mol. The first kappa shape index (κ1) is 30.7. The van der Waals surface area contributed by atoms with Crippen LogP contribution in [0.15, 0.2) is 54.6 Å². The van der Waals surface area contributed by atoms with Crippen LogP contribution in [0.1, 0.15) is 111 Å². The van der Waals surface area contributed by atoms with Crippen molar-refractivity contribution in [3.8, 4) is 0 Å². The Hall–Kier alpha value is -3.78. The zero-order chi connectivity index (χ0) is 30.0. The Morgan fingerprint density at radius 3 is 2.09 bits per heavy atom. The Kier molecular flexibility index (Phi) is 10.8. The Morgan fingerprint density at radius 2 is 1.40 bits per heavy atom. The van der Waals surface area contributed by atoms with Crippen molar-refractivity contribution in [2.45, 2.75) is 83.5 Å². The molecule has 2 aliphatic rings. The number of aryl methyl sites for hydroxylation is 1. The minimum Gasteiger partial charge on any atom is -0.352 e. The molecule has 1 aliphatic heterocycles. The molecule has 3 aromatic rings. The molecular weight excluding hydrogens is 558 g/mol. The summed E-state index contributed by atoms with van der Waals surface area (Å²) in [5.41, 5.74) is 4.00. The average molecular weight is 600 g/mol. The van der Waals surface area contributed by atoms with Crippen LogP contribution in [0.2, 0.25) is 0 Å². The van der Waals surface area contributed by atoms with Gasteiger partial charge in [-0.05, 0) is 61.8 Å². The summed E-state index contributed by atoms with van der Waals surface area (Å²) >= 11 is 1.56. The number of anilines is 1. The van der Waals surface area contributed by atoms with Crippen LogP contribution in [0.3, 0.4) is 0 Å². The summed E-state index contributed by atoms with van der Waals surface area (Å²) in [6, 6.07) is 17.1. The lowest BCUT2D eigenvalue weighted by molar-refractivity contribution is -0.116. The highest BCUT2D eigenvalue weighted by atomic mass is 32.1. The van der Waals surface area contributed by atoms with Crippen LogP contribution in [0, 0.1) is 0 Å². The van der Waals surface area contributed by atoms with Crippen LogP contribution in [-0.2, 0) is 24.1 Å². The first-order valence-electron chi connectivity index (χ1n) is 15.7. The number of hydrogen-bond donors (Lipinski definition) is 2. The van der Waals surface area contributed by atoms with Crippen LogP contribution in [-0.4, -0.2) is 41.6 Å². The normalized spacial score (nSPS) is 13.7. The van der Waals surface area contributed by atoms with Crippen molar-refractivity contribution in [2.24, 2.45) is 0 Å². The maximum atomic E-state index is 13.1. The Bertz CT molecular complexity index is 1410. The molecule has 43 heavy (non-hydrogen) atoms. The van der Waals surface area contributed by atoms with Gasteiger partial charge in [-0.2, -0.15) is 0 Å². The molecule has 0 unspecified atom stereocenters. The molecule has 5 rings (SSSR count). The van der Waals surface area contributed by atoms with Crippen LogP contribution in [0.4, 0.5) is 5.00 Å². The zero-order valence-electron chi connectivity index (χ0n) is 24.8. The molecule has 0 bridgehead atoms. The highest BCUT2D eigenvalue weighted by Crippen LogP contribution is 2.39. The number of fused-ring (bicyclic) bond motifs is 2. The molecule has 7 nitrogen and oxygen atoms in total. The van der Waals surface area contributed by atoms with Gasteiger partial charge in [0.15, 0.2) is 0 Å². The van der Waals surface area contributed by atoms with E-state index in [4.69, 9.17) is 0 Å². The quantitative estimate of drug-likeness (QED) is 0.138.